The van der Waals surface area contributed by atoms with Crippen LogP contribution in [0.5, 0.6) is 0 Å². The van der Waals surface area contributed by atoms with Gasteiger partial charge in [0.15, 0.2) is 0 Å². The molecule has 0 spiro atoms. The third kappa shape index (κ3) is 3.89. The summed E-state index contributed by atoms with van der Waals surface area (Å²) in [6.07, 6.45) is 0. The van der Waals surface area contributed by atoms with E-state index in [1.807, 2.05) is 32.0 Å². The van der Waals surface area contributed by atoms with Gasteiger partial charge in [0.2, 0.25) is 0 Å². The van der Waals surface area contributed by atoms with Gasteiger partial charge in [-0.25, -0.2) is 4.98 Å². The largest absolute Gasteiger partial charge is 0.334 e. The minimum atomic E-state index is -0.284. The number of nitriles is 1. The van der Waals surface area contributed by atoms with Crippen molar-refractivity contribution in [3.05, 3.63) is 52.0 Å². The summed E-state index contributed by atoms with van der Waals surface area (Å²) in [5, 5.41) is 9.57. The lowest BCUT2D eigenvalue weighted by Gasteiger charge is -2.38. The van der Waals surface area contributed by atoms with Gasteiger partial charge in [0, 0.05) is 26.2 Å². The molecule has 1 saturated heterocycles. The maximum Gasteiger partial charge on any atom is 0.266 e. The Morgan fingerprint density at radius 1 is 1.36 bits per heavy atom. The molecule has 25 heavy (non-hydrogen) atoms. The molecule has 3 rings (SSSR count). The normalized spacial score (nSPS) is 18.3. The van der Waals surface area contributed by atoms with Gasteiger partial charge in [-0.15, -0.1) is 11.3 Å². The molecular formula is C19H22N4OS. The van der Waals surface area contributed by atoms with Crippen molar-refractivity contribution in [3.8, 4) is 6.07 Å². The fraction of sp³-hybridized carbons (Fsp3) is 0.421. The van der Waals surface area contributed by atoms with Gasteiger partial charge < -0.3 is 4.90 Å². The number of aromatic nitrogens is 1. The first kappa shape index (κ1) is 17.6. The van der Waals surface area contributed by atoms with E-state index in [0.717, 1.165) is 12.2 Å². The molecule has 1 atom stereocenters. The second-order valence-corrected chi connectivity index (χ2v) is 7.43. The Kier molecular flexibility index (Phi) is 5.47. The van der Waals surface area contributed by atoms with Crippen LogP contribution in [0.4, 0.5) is 0 Å². The van der Waals surface area contributed by atoms with Crippen LogP contribution in [0, 0.1) is 11.3 Å². The summed E-state index contributed by atoms with van der Waals surface area (Å²) < 4.78 is 0. The third-order valence-corrected chi connectivity index (χ3v) is 5.32. The number of thiazole rings is 1. The van der Waals surface area contributed by atoms with E-state index in [-0.39, 0.29) is 17.9 Å². The van der Waals surface area contributed by atoms with Gasteiger partial charge in [-0.3, -0.25) is 9.69 Å². The Morgan fingerprint density at radius 2 is 2.12 bits per heavy atom. The van der Waals surface area contributed by atoms with Crippen molar-refractivity contribution in [2.75, 3.05) is 19.6 Å². The van der Waals surface area contributed by atoms with Crippen LogP contribution in [-0.2, 0) is 6.54 Å². The van der Waals surface area contributed by atoms with Crippen molar-refractivity contribution in [2.24, 2.45) is 0 Å². The lowest BCUT2D eigenvalue weighted by atomic mass is 10.1. The molecule has 0 bridgehead atoms. The van der Waals surface area contributed by atoms with E-state index in [1.54, 1.807) is 10.4 Å². The maximum absolute atomic E-state index is 12.9. The highest BCUT2D eigenvalue weighted by molar-refractivity contribution is 7.11. The number of piperazine rings is 1. The van der Waals surface area contributed by atoms with E-state index in [0.29, 0.717) is 24.5 Å². The van der Waals surface area contributed by atoms with Gasteiger partial charge in [-0.2, -0.15) is 5.26 Å². The Bertz CT molecular complexity index is 765. The molecule has 0 saturated carbocycles. The number of nitrogens with zero attached hydrogens (tertiary/aromatic N) is 4. The summed E-state index contributed by atoms with van der Waals surface area (Å²) in [6.45, 7) is 6.61. The summed E-state index contributed by atoms with van der Waals surface area (Å²) in [6, 6.07) is 12.2. The average Bonchev–Trinajstić information content (AvgIpc) is 3.12. The lowest BCUT2D eigenvalue weighted by Crippen LogP contribution is -2.53. The summed E-state index contributed by atoms with van der Waals surface area (Å²) >= 11 is 1.39. The topological polar surface area (TPSA) is 60.2 Å². The molecule has 2 aromatic rings. The highest BCUT2D eigenvalue weighted by Gasteiger charge is 2.31. The highest BCUT2D eigenvalue weighted by Crippen LogP contribution is 2.24. The first-order valence-corrected chi connectivity index (χ1v) is 9.38. The number of amides is 1. The molecule has 1 aromatic carbocycles. The Labute approximate surface area is 152 Å². The van der Waals surface area contributed by atoms with Gasteiger partial charge in [0.05, 0.1) is 17.3 Å². The molecule has 1 aliphatic rings. The zero-order valence-corrected chi connectivity index (χ0v) is 15.4. The number of hydrogen-bond donors (Lipinski definition) is 0. The van der Waals surface area contributed by atoms with E-state index < -0.39 is 0 Å². The van der Waals surface area contributed by atoms with E-state index in [9.17, 15) is 10.1 Å². The third-order valence-electron chi connectivity index (χ3n) is 4.49. The molecule has 1 unspecified atom stereocenters. The monoisotopic (exact) mass is 354 g/mol. The van der Waals surface area contributed by atoms with Gasteiger partial charge in [-0.1, -0.05) is 44.2 Å². The maximum atomic E-state index is 12.9. The standard InChI is InChI=1S/C19H22N4OS/c1-14(2)17-18(25-13-21-17)19(24)23-9-8-22(16(10-20)12-23)11-15-6-4-3-5-7-15/h3-7,13-14,16H,8-9,11-12H2,1-2H3. The number of carbonyl (C=O) groups excluding carboxylic acids is 1. The van der Waals surface area contributed by atoms with Crippen molar-refractivity contribution in [1.82, 2.24) is 14.8 Å². The van der Waals surface area contributed by atoms with E-state index in [1.165, 1.54) is 16.9 Å². The molecule has 0 radical (unpaired) electrons. The van der Waals surface area contributed by atoms with Crippen LogP contribution in [0.3, 0.4) is 0 Å². The minimum absolute atomic E-state index is 0.00538. The zero-order chi connectivity index (χ0) is 17.8. The molecule has 1 aliphatic heterocycles. The predicted molar refractivity (Wildman–Crippen MR) is 98.4 cm³/mol. The molecule has 1 amide bonds. The molecule has 130 valence electrons. The fourth-order valence-corrected chi connectivity index (χ4v) is 4.02. The van der Waals surface area contributed by atoms with Crippen LogP contribution in [0.25, 0.3) is 0 Å². The van der Waals surface area contributed by atoms with Gasteiger partial charge in [-0.05, 0) is 11.5 Å². The van der Waals surface area contributed by atoms with Crippen LogP contribution in [0.2, 0.25) is 0 Å². The molecule has 1 fully saturated rings. The van der Waals surface area contributed by atoms with E-state index >= 15 is 0 Å². The van der Waals surface area contributed by atoms with Crippen molar-refractivity contribution < 1.29 is 4.79 Å². The molecule has 0 N–H and O–H groups in total. The van der Waals surface area contributed by atoms with Crippen molar-refractivity contribution in [2.45, 2.75) is 32.4 Å². The average molecular weight is 354 g/mol. The molecular weight excluding hydrogens is 332 g/mol. The predicted octanol–water partition coefficient (Wildman–Crippen LogP) is 3.12. The molecule has 2 heterocycles. The Balaban J connectivity index is 1.70. The van der Waals surface area contributed by atoms with Gasteiger partial charge >= 0.3 is 0 Å². The number of carbonyl (C=O) groups is 1. The van der Waals surface area contributed by atoms with E-state index in [4.69, 9.17) is 0 Å². The van der Waals surface area contributed by atoms with Gasteiger partial charge in [0.1, 0.15) is 10.9 Å². The van der Waals surface area contributed by atoms with Crippen molar-refractivity contribution >= 4 is 17.2 Å². The van der Waals surface area contributed by atoms with Crippen LogP contribution in [0.1, 0.15) is 40.7 Å². The summed E-state index contributed by atoms with van der Waals surface area (Å²) in [5.74, 6) is 0.224. The van der Waals surface area contributed by atoms with Crippen molar-refractivity contribution in [3.63, 3.8) is 0 Å². The fourth-order valence-electron chi connectivity index (χ4n) is 3.10. The summed E-state index contributed by atoms with van der Waals surface area (Å²) in [7, 11) is 0. The minimum Gasteiger partial charge on any atom is -0.334 e. The number of rotatable bonds is 4. The second kappa shape index (κ2) is 7.77. The zero-order valence-electron chi connectivity index (χ0n) is 14.6. The van der Waals surface area contributed by atoms with E-state index in [2.05, 4.69) is 28.1 Å². The smallest absolute Gasteiger partial charge is 0.266 e. The Morgan fingerprint density at radius 3 is 2.80 bits per heavy atom. The quantitative estimate of drug-likeness (QED) is 0.846. The highest BCUT2D eigenvalue weighted by atomic mass is 32.1. The molecule has 1 aromatic heterocycles. The van der Waals surface area contributed by atoms with Crippen LogP contribution >= 0.6 is 11.3 Å². The first-order valence-electron chi connectivity index (χ1n) is 8.50. The lowest BCUT2D eigenvalue weighted by molar-refractivity contribution is 0.0555. The SMILES string of the molecule is CC(C)c1ncsc1C(=O)N1CCN(Cc2ccccc2)C(C#N)C1. The summed E-state index contributed by atoms with van der Waals surface area (Å²) in [5.41, 5.74) is 3.78. The second-order valence-electron chi connectivity index (χ2n) is 6.57. The van der Waals surface area contributed by atoms with Crippen LogP contribution in [0.15, 0.2) is 35.8 Å². The molecule has 5 nitrogen and oxygen atoms in total. The summed E-state index contributed by atoms with van der Waals surface area (Å²) in [4.78, 5) is 21.9. The number of benzene rings is 1. The van der Waals surface area contributed by atoms with Gasteiger partial charge in [0.25, 0.3) is 5.91 Å². The molecule has 6 heteroatoms. The Hall–Kier alpha value is -2.23. The first-order chi connectivity index (χ1) is 12.1. The number of hydrogen-bond acceptors (Lipinski definition) is 5. The van der Waals surface area contributed by atoms with Crippen LogP contribution in [-0.4, -0.2) is 46.4 Å². The van der Waals surface area contributed by atoms with Crippen LogP contribution < -0.4 is 0 Å². The molecule has 0 aliphatic carbocycles. The van der Waals surface area contributed by atoms with Crippen molar-refractivity contribution in [1.29, 1.82) is 5.26 Å².